The first-order valence-corrected chi connectivity index (χ1v) is 5.36. The lowest BCUT2D eigenvalue weighted by atomic mass is 10.0. The molecule has 0 aromatic heterocycles. The molecule has 1 aliphatic heterocycles. The van der Waals surface area contributed by atoms with Crippen molar-refractivity contribution < 1.29 is 23.1 Å². The second-order valence-corrected chi connectivity index (χ2v) is 4.67. The molecule has 0 bridgehead atoms. The number of thioether (sulfide) groups is 1. The number of hydrogen-bond acceptors (Lipinski definition) is 2. The third kappa shape index (κ3) is 1.89. The molecule has 0 saturated heterocycles. The Kier molecular flexibility index (Phi) is 2.61. The van der Waals surface area contributed by atoms with E-state index in [2.05, 4.69) is 0 Å². The second kappa shape index (κ2) is 3.69. The third-order valence-electron chi connectivity index (χ3n) is 2.37. The maximum Gasteiger partial charge on any atom is 0.416 e. The summed E-state index contributed by atoms with van der Waals surface area (Å²) in [7, 11) is 0. The number of carboxylic acid groups (broad SMARTS) is 1. The van der Waals surface area contributed by atoms with Gasteiger partial charge in [0.25, 0.3) is 0 Å². The average Bonchev–Trinajstić information content (AvgIpc) is 2.58. The Hall–Kier alpha value is -1.17. The van der Waals surface area contributed by atoms with Crippen LogP contribution in [0.25, 0.3) is 0 Å². The van der Waals surface area contributed by atoms with Crippen molar-refractivity contribution in [2.75, 3.05) is 0 Å². The Labute approximate surface area is 93.5 Å². The predicted molar refractivity (Wildman–Crippen MR) is 52.4 cm³/mol. The fraction of sp³-hybridized carbons (Fsp3) is 0.300. The smallest absolute Gasteiger partial charge is 0.416 e. The zero-order valence-corrected chi connectivity index (χ0v) is 8.73. The highest BCUT2D eigenvalue weighted by atomic mass is 32.2. The Balaban J connectivity index is 2.42. The molecule has 86 valence electrons. The van der Waals surface area contributed by atoms with Crippen LogP contribution in [0.3, 0.4) is 0 Å². The minimum absolute atomic E-state index is 0.0645. The van der Waals surface area contributed by atoms with Gasteiger partial charge in [-0.05, 0) is 24.1 Å². The van der Waals surface area contributed by atoms with E-state index in [-0.39, 0.29) is 12.0 Å². The molecule has 2 rings (SSSR count). The van der Waals surface area contributed by atoms with E-state index >= 15 is 0 Å². The summed E-state index contributed by atoms with van der Waals surface area (Å²) in [5.41, 5.74) is -0.617. The van der Waals surface area contributed by atoms with Crippen LogP contribution in [0.4, 0.5) is 13.2 Å². The first-order chi connectivity index (χ1) is 7.39. The van der Waals surface area contributed by atoms with Gasteiger partial charge >= 0.3 is 12.1 Å². The molecule has 1 heterocycles. The molecule has 1 aromatic rings. The second-order valence-electron chi connectivity index (χ2n) is 3.43. The van der Waals surface area contributed by atoms with Crippen LogP contribution in [0.1, 0.15) is 11.1 Å². The van der Waals surface area contributed by atoms with E-state index in [1.165, 1.54) is 12.1 Å². The summed E-state index contributed by atoms with van der Waals surface area (Å²) in [6, 6.07) is 3.82. The van der Waals surface area contributed by atoms with Crippen LogP contribution in [-0.2, 0) is 17.4 Å². The summed E-state index contributed by atoms with van der Waals surface area (Å²) in [5, 5.41) is 7.97. The number of carboxylic acids is 1. The van der Waals surface area contributed by atoms with E-state index in [1.54, 1.807) is 0 Å². The van der Waals surface area contributed by atoms with Crippen molar-refractivity contribution in [2.45, 2.75) is 22.7 Å². The fourth-order valence-corrected chi connectivity index (χ4v) is 2.82. The first-order valence-electron chi connectivity index (χ1n) is 4.48. The minimum Gasteiger partial charge on any atom is -0.480 e. The van der Waals surface area contributed by atoms with Crippen molar-refractivity contribution >= 4 is 17.7 Å². The van der Waals surface area contributed by atoms with Crippen molar-refractivity contribution in [3.05, 3.63) is 29.3 Å². The molecule has 2 nitrogen and oxygen atoms in total. The molecule has 0 saturated carbocycles. The predicted octanol–water partition coefficient (Wildman–Crippen LogP) is 2.81. The molecule has 1 aromatic carbocycles. The number of alkyl halides is 3. The zero-order chi connectivity index (χ0) is 11.9. The van der Waals surface area contributed by atoms with Gasteiger partial charge in [-0.15, -0.1) is 11.8 Å². The summed E-state index contributed by atoms with van der Waals surface area (Å²) in [6.07, 6.45) is -4.48. The number of aliphatic carboxylic acids is 1. The number of fused-ring (bicyclic) bond motifs is 1. The maximum absolute atomic E-state index is 12.6. The van der Waals surface area contributed by atoms with Crippen LogP contribution < -0.4 is 0 Å². The molecule has 16 heavy (non-hydrogen) atoms. The molecule has 1 atom stereocenters. The maximum atomic E-state index is 12.6. The largest absolute Gasteiger partial charge is 0.480 e. The van der Waals surface area contributed by atoms with Gasteiger partial charge in [0, 0.05) is 4.90 Å². The molecule has 1 N–H and O–H groups in total. The Morgan fingerprint density at radius 1 is 1.44 bits per heavy atom. The van der Waals surface area contributed by atoms with Crippen LogP contribution in [0.5, 0.6) is 0 Å². The molecule has 0 aliphatic carbocycles. The van der Waals surface area contributed by atoms with Crippen LogP contribution in [0.15, 0.2) is 23.1 Å². The summed E-state index contributed by atoms with van der Waals surface area (Å²) < 4.78 is 37.8. The Morgan fingerprint density at radius 3 is 2.69 bits per heavy atom. The fourth-order valence-electron chi connectivity index (χ4n) is 1.67. The van der Waals surface area contributed by atoms with Gasteiger partial charge in [-0.3, -0.25) is 4.79 Å². The molecular weight excluding hydrogens is 241 g/mol. The van der Waals surface area contributed by atoms with E-state index in [1.807, 2.05) is 0 Å². The molecule has 1 aliphatic rings. The van der Waals surface area contributed by atoms with Crippen LogP contribution in [0.2, 0.25) is 0 Å². The average molecular weight is 248 g/mol. The van der Waals surface area contributed by atoms with Gasteiger partial charge in [-0.25, -0.2) is 0 Å². The van der Waals surface area contributed by atoms with E-state index in [9.17, 15) is 18.0 Å². The van der Waals surface area contributed by atoms with Crippen molar-refractivity contribution in [1.82, 2.24) is 0 Å². The van der Waals surface area contributed by atoms with Crippen LogP contribution in [0, 0.1) is 0 Å². The monoisotopic (exact) mass is 248 g/mol. The van der Waals surface area contributed by atoms with Gasteiger partial charge < -0.3 is 5.11 Å². The van der Waals surface area contributed by atoms with Crippen molar-refractivity contribution in [1.29, 1.82) is 0 Å². The zero-order valence-electron chi connectivity index (χ0n) is 7.91. The van der Waals surface area contributed by atoms with E-state index in [4.69, 9.17) is 5.11 Å². The third-order valence-corrected chi connectivity index (χ3v) is 3.66. The molecule has 6 heteroatoms. The highest BCUT2D eigenvalue weighted by Gasteiger charge is 2.38. The lowest BCUT2D eigenvalue weighted by Crippen LogP contribution is -2.16. The topological polar surface area (TPSA) is 37.3 Å². The summed E-state index contributed by atoms with van der Waals surface area (Å²) in [5.74, 6) is -1.07. The number of rotatable bonds is 1. The Morgan fingerprint density at radius 2 is 2.12 bits per heavy atom. The summed E-state index contributed by atoms with van der Waals surface area (Å²) in [6.45, 7) is 0. The van der Waals surface area contributed by atoms with Gasteiger partial charge in [0.15, 0.2) is 0 Å². The first kappa shape index (κ1) is 11.3. The molecule has 0 radical (unpaired) electrons. The van der Waals surface area contributed by atoms with E-state index < -0.39 is 23.0 Å². The summed E-state index contributed by atoms with van der Waals surface area (Å²) in [4.78, 5) is 11.1. The molecule has 0 amide bonds. The van der Waals surface area contributed by atoms with Crippen molar-refractivity contribution in [3.8, 4) is 0 Å². The molecule has 0 spiro atoms. The number of benzene rings is 1. The van der Waals surface area contributed by atoms with Crippen molar-refractivity contribution in [3.63, 3.8) is 0 Å². The Bertz CT molecular complexity index is 442. The standard InChI is InChI=1S/C10H7F3O2S/c11-10(12,13)6-2-1-3-7-5(6)4-8(16-7)9(14)15/h1-3,8H,4H2,(H,14,15). The quantitative estimate of drug-likeness (QED) is 0.830. The number of hydrogen-bond donors (Lipinski definition) is 1. The minimum atomic E-state index is -4.42. The van der Waals surface area contributed by atoms with Gasteiger partial charge in [-0.1, -0.05) is 6.07 Å². The summed E-state index contributed by atoms with van der Waals surface area (Å²) >= 11 is 0.975. The number of carbonyl (C=O) groups is 1. The molecule has 1 unspecified atom stereocenters. The molecular formula is C10H7F3O2S. The van der Waals surface area contributed by atoms with Crippen LogP contribution >= 0.6 is 11.8 Å². The normalized spacial score (nSPS) is 19.6. The van der Waals surface area contributed by atoms with Gasteiger partial charge in [0.05, 0.1) is 5.56 Å². The number of halogens is 3. The lowest BCUT2D eigenvalue weighted by molar-refractivity contribution is -0.139. The lowest BCUT2D eigenvalue weighted by Gasteiger charge is -2.10. The van der Waals surface area contributed by atoms with E-state index in [0.717, 1.165) is 17.8 Å². The highest BCUT2D eigenvalue weighted by molar-refractivity contribution is 8.01. The highest BCUT2D eigenvalue weighted by Crippen LogP contribution is 2.43. The van der Waals surface area contributed by atoms with Gasteiger partial charge in [-0.2, -0.15) is 13.2 Å². The molecule has 0 fully saturated rings. The van der Waals surface area contributed by atoms with E-state index in [0.29, 0.717) is 4.90 Å². The van der Waals surface area contributed by atoms with Crippen LogP contribution in [-0.4, -0.2) is 16.3 Å². The van der Waals surface area contributed by atoms with Crippen molar-refractivity contribution in [2.24, 2.45) is 0 Å². The SMILES string of the molecule is O=C(O)C1Cc2c(cccc2C(F)(F)F)S1. The van der Waals surface area contributed by atoms with Gasteiger partial charge in [0.2, 0.25) is 0 Å². The van der Waals surface area contributed by atoms with Gasteiger partial charge in [0.1, 0.15) is 5.25 Å².